The highest BCUT2D eigenvalue weighted by Gasteiger charge is 2.16. The lowest BCUT2D eigenvalue weighted by Gasteiger charge is -2.09. The molecule has 0 bridgehead atoms. The minimum atomic E-state index is -1.67. The number of carboxylic acid groups (broad SMARTS) is 1. The standard InChI is InChI=1S/C9H7BrFN3.C9H5BrFNO.C8H3BrClFN2.C7H5BrFNO2.C2H4O2.CH4N2.CH5N.Cl2OS/c1-12-9-5-2-6(10)7(11)3-8(5)13-4-14-9;10-7-4-6-5(3-8(7)11)1-2-12-9(6)13;9-5-1-4-7(2-6(5)11)12-3-13-8(4)10;8-4-1-7(12-3-11)6(10)2-5(4)9;1-2(3)4;2-1-3;1-2;1-4(2)3/h2-4H,1H3,(H,12,13,14);2-4H,1H2;1-3H;1-3H,10H2;1H3,(H,3,4);1H,(H3,2,3);2H2,1H3;. The number of fused-ring (bicyclic) bond motifs is 3. The number of anilines is 2. The molecule has 0 spiro atoms. The molecule has 0 atom stereocenters. The van der Waals surface area contributed by atoms with Crippen LogP contribution < -0.4 is 37.8 Å². The third kappa shape index (κ3) is 22.0. The lowest BCUT2D eigenvalue weighted by Crippen LogP contribution is -2.33. The van der Waals surface area contributed by atoms with E-state index in [2.05, 4.69) is 137 Å². The van der Waals surface area contributed by atoms with Crippen LogP contribution in [0.4, 0.5) is 29.1 Å². The molecule has 0 saturated heterocycles. The SMILES string of the molecule is CC(=O)[O-].CN.CNc1ncnc2cc(F)c(Br)cc12.Fc1cc2ncnc(Cl)c2cc1Br.NC=[NH2+].Nc1cc(F)c(Br)cc1OC=O.O=C1N=CCc2cc(F)c(Br)cc21.O=S(Cl)Cl. The van der Waals surface area contributed by atoms with E-state index in [0.717, 1.165) is 24.7 Å². The lowest BCUT2D eigenvalue weighted by atomic mass is 10.0. The third-order valence-corrected chi connectivity index (χ3v) is 9.40. The number of nitrogens with one attached hydrogen (secondary N) is 1. The van der Waals surface area contributed by atoms with Crippen molar-refractivity contribution in [3.8, 4) is 5.75 Å². The molecule has 0 saturated carbocycles. The zero-order valence-electron chi connectivity index (χ0n) is 33.3. The van der Waals surface area contributed by atoms with Gasteiger partial charge in [-0.1, -0.05) is 11.6 Å². The number of ether oxygens (including phenoxy) is 1. The molecule has 0 radical (unpaired) electrons. The van der Waals surface area contributed by atoms with Gasteiger partial charge in [0.1, 0.15) is 46.9 Å². The Kier molecular flexibility index (Phi) is 30.0. The summed E-state index contributed by atoms with van der Waals surface area (Å²) in [6, 6.07) is 11.1. The van der Waals surface area contributed by atoms with Crippen LogP contribution in [0.15, 0.2) is 84.1 Å². The van der Waals surface area contributed by atoms with Gasteiger partial charge in [0.2, 0.25) is 15.6 Å². The van der Waals surface area contributed by atoms with Crippen molar-refractivity contribution in [1.29, 1.82) is 0 Å². The average Bonchev–Trinajstić information content (AvgIpc) is 3.23. The second-order valence-electron chi connectivity index (χ2n) is 10.8. The van der Waals surface area contributed by atoms with Crippen molar-refractivity contribution in [2.45, 2.75) is 13.3 Å². The molecule has 3 heterocycles. The Labute approximate surface area is 417 Å². The van der Waals surface area contributed by atoms with Crippen LogP contribution in [-0.2, 0) is 25.2 Å². The first-order chi connectivity index (χ1) is 30.6. The number of hydrogen-bond acceptors (Lipinski definition) is 13. The molecule has 6 aromatic rings. The number of aliphatic imine (C=N–C) groups is 1. The number of halogens is 11. The van der Waals surface area contributed by atoms with Gasteiger partial charge in [-0.25, -0.2) is 46.7 Å². The number of nitrogens with zero attached hydrogens (tertiary/aromatic N) is 5. The van der Waals surface area contributed by atoms with E-state index in [1.54, 1.807) is 19.2 Å². The minimum absolute atomic E-state index is 0.0859. The van der Waals surface area contributed by atoms with Gasteiger partial charge in [0.15, 0.2) is 5.75 Å². The molecular formula is C37H33Br4Cl3F4N10O6S. The quantitative estimate of drug-likeness (QED) is 0.0229. The fourth-order valence-electron chi connectivity index (χ4n) is 4.22. The van der Waals surface area contributed by atoms with Gasteiger partial charge in [0.25, 0.3) is 12.4 Å². The second kappa shape index (κ2) is 32.2. The van der Waals surface area contributed by atoms with Crippen LogP contribution in [0.3, 0.4) is 0 Å². The summed E-state index contributed by atoms with van der Waals surface area (Å²) in [5, 5.41) is 18.1. The number of benzene rings is 4. The fraction of sp³-hybridized carbons (Fsp3) is 0.108. The van der Waals surface area contributed by atoms with Crippen molar-refractivity contribution < 1.29 is 51.4 Å². The summed E-state index contributed by atoms with van der Waals surface area (Å²) in [6.45, 7) is 1.20. The Hall–Kier alpha value is -4.47. The molecule has 65 heavy (non-hydrogen) atoms. The molecule has 0 unspecified atom stereocenters. The molecule has 4 aromatic carbocycles. The summed E-state index contributed by atoms with van der Waals surface area (Å²) >= 11 is 17.9. The van der Waals surface area contributed by atoms with Gasteiger partial charge in [0, 0.05) is 87.6 Å². The number of hydrogen-bond donors (Lipinski definition) is 5. The van der Waals surface area contributed by atoms with Crippen molar-refractivity contribution >= 4 is 170 Å². The zero-order chi connectivity index (χ0) is 50.0. The molecule has 28 heteroatoms. The van der Waals surface area contributed by atoms with E-state index in [1.807, 2.05) is 0 Å². The van der Waals surface area contributed by atoms with Crippen molar-refractivity contribution in [3.05, 3.63) is 119 Å². The fourth-order valence-corrected chi connectivity index (χ4v) is 5.77. The molecule has 0 fully saturated rings. The first-order valence-electron chi connectivity index (χ1n) is 16.8. The number of aliphatic carboxylic acids is 1. The van der Waals surface area contributed by atoms with Gasteiger partial charge in [-0.05, 0) is 108 Å². The van der Waals surface area contributed by atoms with E-state index in [0.29, 0.717) is 58.4 Å². The number of carboxylic acids is 1. The maximum absolute atomic E-state index is 13.2. The summed E-state index contributed by atoms with van der Waals surface area (Å²) in [4.78, 5) is 49.4. The summed E-state index contributed by atoms with van der Waals surface area (Å²) in [6.07, 6.45) is 5.73. The monoisotopic (exact) mass is 1240 g/mol. The van der Waals surface area contributed by atoms with E-state index in [9.17, 15) is 27.2 Å². The van der Waals surface area contributed by atoms with E-state index in [4.69, 9.17) is 31.4 Å². The first kappa shape index (κ1) is 60.5. The van der Waals surface area contributed by atoms with Crippen LogP contribution >= 0.6 is 96.7 Å². The van der Waals surface area contributed by atoms with E-state index >= 15 is 0 Å². The average molecular weight is 1250 g/mol. The van der Waals surface area contributed by atoms with Gasteiger partial charge in [-0.3, -0.25) is 20.7 Å². The molecule has 16 nitrogen and oxygen atoms in total. The molecule has 1 aliphatic rings. The third-order valence-electron chi connectivity index (χ3n) is 6.67. The number of carbonyl (C=O) groups is 3. The molecule has 1 aliphatic heterocycles. The van der Waals surface area contributed by atoms with Gasteiger partial charge in [0.05, 0.1) is 34.6 Å². The Morgan fingerprint density at radius 3 is 1.78 bits per heavy atom. The highest BCUT2D eigenvalue weighted by atomic mass is 79.9. The molecule has 0 aliphatic carbocycles. The van der Waals surface area contributed by atoms with Crippen LogP contribution in [0.25, 0.3) is 21.8 Å². The highest BCUT2D eigenvalue weighted by Crippen LogP contribution is 2.29. The predicted octanol–water partition coefficient (Wildman–Crippen LogP) is 6.93. The highest BCUT2D eigenvalue weighted by molar-refractivity contribution is 9.11. The van der Waals surface area contributed by atoms with E-state index in [1.165, 1.54) is 56.2 Å². The number of amides is 1. The number of nitrogens with two attached hydrogens (primary N) is 4. The molecule has 350 valence electrons. The molecule has 2 aromatic heterocycles. The number of nitrogen functional groups attached to an aromatic ring is 1. The van der Waals surface area contributed by atoms with Crippen molar-refractivity contribution in [2.75, 3.05) is 25.1 Å². The Balaban J connectivity index is 0.000000772. The van der Waals surface area contributed by atoms with Gasteiger partial charge in [-0.15, -0.1) is 0 Å². The van der Waals surface area contributed by atoms with Gasteiger partial charge < -0.3 is 31.4 Å². The molecule has 7 rings (SSSR count). The molecule has 9 N–H and O–H groups in total. The second-order valence-corrected chi connectivity index (χ2v) is 17.1. The summed E-state index contributed by atoms with van der Waals surface area (Å²) in [5.41, 5.74) is 16.7. The number of carbonyl (C=O) groups excluding carboxylic acids is 3. The molecule has 1 amide bonds. The maximum Gasteiger partial charge on any atom is 0.298 e. The van der Waals surface area contributed by atoms with Crippen LogP contribution in [0, 0.1) is 23.3 Å². The maximum atomic E-state index is 13.2. The van der Waals surface area contributed by atoms with E-state index < -0.39 is 21.0 Å². The Bertz CT molecular complexity index is 2620. The van der Waals surface area contributed by atoms with Gasteiger partial charge >= 0.3 is 0 Å². The van der Waals surface area contributed by atoms with Crippen LogP contribution in [0.2, 0.25) is 5.15 Å². The van der Waals surface area contributed by atoms with Crippen LogP contribution in [0.5, 0.6) is 5.75 Å². The van der Waals surface area contributed by atoms with Crippen LogP contribution in [-0.4, -0.2) is 69.1 Å². The number of rotatable bonds is 3. The van der Waals surface area contributed by atoms with Crippen molar-refractivity contribution in [3.63, 3.8) is 0 Å². The zero-order valence-corrected chi connectivity index (χ0v) is 42.7. The lowest BCUT2D eigenvalue weighted by molar-refractivity contribution is -0.302. The normalized spacial score (nSPS) is 10.2. The minimum Gasteiger partial charge on any atom is -0.550 e. The molecular weight excluding hydrogens is 1210 g/mol. The number of aromatic nitrogens is 4. The van der Waals surface area contributed by atoms with Gasteiger partial charge in [-0.2, -0.15) is 0 Å². The van der Waals surface area contributed by atoms with E-state index in [-0.39, 0.29) is 45.7 Å². The Morgan fingerprint density at radius 2 is 1.28 bits per heavy atom. The summed E-state index contributed by atoms with van der Waals surface area (Å²) in [7, 11) is 10.6. The summed E-state index contributed by atoms with van der Waals surface area (Å²) < 4.78 is 66.8. The Morgan fingerprint density at radius 1 is 0.846 bits per heavy atom. The smallest absolute Gasteiger partial charge is 0.298 e. The summed E-state index contributed by atoms with van der Waals surface area (Å²) in [5.74, 6) is -2.08. The van der Waals surface area contributed by atoms with Crippen molar-refractivity contribution in [2.24, 2.45) is 16.5 Å². The first-order valence-corrected chi connectivity index (χ1v) is 23.1. The topological polar surface area (TPSA) is 280 Å². The largest absolute Gasteiger partial charge is 0.550 e. The van der Waals surface area contributed by atoms with Crippen molar-refractivity contribution in [1.82, 2.24) is 19.9 Å². The van der Waals surface area contributed by atoms with Crippen LogP contribution in [0.1, 0.15) is 22.8 Å². The predicted molar refractivity (Wildman–Crippen MR) is 258 cm³/mol.